The van der Waals surface area contributed by atoms with Crippen LogP contribution in [0.3, 0.4) is 0 Å². The first-order chi connectivity index (χ1) is 10.2. The molecule has 0 saturated heterocycles. The molecular formula is C17H29N3O2. The molecule has 5 nitrogen and oxygen atoms in total. The Morgan fingerprint density at radius 1 is 1.27 bits per heavy atom. The Morgan fingerprint density at radius 3 is 2.45 bits per heavy atom. The third-order valence-corrected chi connectivity index (χ3v) is 3.69. The average Bonchev–Trinajstić information content (AvgIpc) is 2.44. The molecule has 5 heteroatoms. The van der Waals surface area contributed by atoms with E-state index in [1.165, 1.54) is 0 Å². The van der Waals surface area contributed by atoms with Crippen molar-refractivity contribution in [3.63, 3.8) is 0 Å². The van der Waals surface area contributed by atoms with Crippen LogP contribution in [-0.2, 0) is 4.74 Å². The Hall–Kier alpha value is -1.62. The van der Waals surface area contributed by atoms with E-state index in [1.54, 1.807) is 13.3 Å². The zero-order valence-corrected chi connectivity index (χ0v) is 14.5. The summed E-state index contributed by atoms with van der Waals surface area (Å²) in [4.78, 5) is 16.6. The summed E-state index contributed by atoms with van der Waals surface area (Å²) < 4.78 is 5.40. The highest BCUT2D eigenvalue weighted by atomic mass is 16.5. The molecule has 1 aromatic heterocycles. The third kappa shape index (κ3) is 6.02. The van der Waals surface area contributed by atoms with E-state index in [0.717, 1.165) is 12.1 Å². The number of hydrogen-bond donors (Lipinski definition) is 2. The zero-order valence-electron chi connectivity index (χ0n) is 14.5. The fourth-order valence-corrected chi connectivity index (χ4v) is 2.42. The Labute approximate surface area is 133 Å². The van der Waals surface area contributed by atoms with E-state index in [-0.39, 0.29) is 29.6 Å². The summed E-state index contributed by atoms with van der Waals surface area (Å²) in [6.45, 7) is 10.1. The molecule has 0 spiro atoms. The van der Waals surface area contributed by atoms with Crippen molar-refractivity contribution in [2.24, 2.45) is 5.92 Å². The van der Waals surface area contributed by atoms with E-state index in [2.05, 4.69) is 29.5 Å². The second-order valence-electron chi connectivity index (χ2n) is 6.66. The number of aromatic nitrogens is 1. The number of rotatable bonds is 7. The maximum Gasteiger partial charge on any atom is 0.315 e. The molecule has 0 aliphatic carbocycles. The van der Waals surface area contributed by atoms with E-state index in [4.69, 9.17) is 4.74 Å². The molecule has 0 aromatic carbocycles. The molecule has 0 aliphatic heterocycles. The summed E-state index contributed by atoms with van der Waals surface area (Å²) >= 11 is 0. The minimum atomic E-state index is -0.259. The predicted octanol–water partition coefficient (Wildman–Crippen LogP) is 3.28. The molecular weight excluding hydrogens is 278 g/mol. The van der Waals surface area contributed by atoms with Gasteiger partial charge in [0, 0.05) is 19.3 Å². The second kappa shape index (κ2) is 8.13. The summed E-state index contributed by atoms with van der Waals surface area (Å²) in [5, 5.41) is 5.98. The van der Waals surface area contributed by atoms with Gasteiger partial charge in [-0.1, -0.05) is 19.9 Å². The van der Waals surface area contributed by atoms with Crippen molar-refractivity contribution in [1.29, 1.82) is 0 Å². The Kier molecular flexibility index (Phi) is 6.81. The monoisotopic (exact) mass is 307 g/mol. The number of nitrogens with one attached hydrogen (secondary N) is 2. The Bertz CT molecular complexity index is 460. The van der Waals surface area contributed by atoms with Crippen molar-refractivity contribution >= 4 is 6.03 Å². The van der Waals surface area contributed by atoms with Gasteiger partial charge in [0.25, 0.3) is 0 Å². The lowest BCUT2D eigenvalue weighted by Crippen LogP contribution is -2.46. The highest BCUT2D eigenvalue weighted by molar-refractivity contribution is 5.74. The number of methoxy groups -OCH3 is 1. The van der Waals surface area contributed by atoms with E-state index in [1.807, 2.05) is 39.0 Å². The fraction of sp³-hybridized carbons (Fsp3) is 0.647. The van der Waals surface area contributed by atoms with Crippen LogP contribution in [-0.4, -0.2) is 29.8 Å². The molecule has 2 amide bonds. The number of nitrogens with zero attached hydrogens (tertiary/aromatic N) is 1. The first kappa shape index (κ1) is 18.4. The normalized spacial score (nSPS) is 14.5. The second-order valence-corrected chi connectivity index (χ2v) is 6.66. The summed E-state index contributed by atoms with van der Waals surface area (Å²) in [6.07, 6.45) is 2.49. The molecule has 124 valence electrons. The largest absolute Gasteiger partial charge is 0.379 e. The van der Waals surface area contributed by atoms with Crippen LogP contribution in [0.2, 0.25) is 0 Å². The van der Waals surface area contributed by atoms with Crippen molar-refractivity contribution in [2.75, 3.05) is 7.11 Å². The minimum Gasteiger partial charge on any atom is -0.379 e. The molecule has 2 atom stereocenters. The van der Waals surface area contributed by atoms with Crippen LogP contribution in [0.15, 0.2) is 24.4 Å². The van der Waals surface area contributed by atoms with Gasteiger partial charge in [-0.05, 0) is 45.2 Å². The number of pyridine rings is 1. The van der Waals surface area contributed by atoms with Crippen molar-refractivity contribution in [3.8, 4) is 0 Å². The summed E-state index contributed by atoms with van der Waals surface area (Å²) in [6, 6.07) is 5.47. The number of amides is 2. The van der Waals surface area contributed by atoms with Gasteiger partial charge in [-0.2, -0.15) is 0 Å². The average molecular weight is 307 g/mol. The molecule has 1 heterocycles. The molecule has 2 unspecified atom stereocenters. The maximum absolute atomic E-state index is 12.2. The van der Waals surface area contributed by atoms with E-state index in [9.17, 15) is 4.79 Å². The fourth-order valence-electron chi connectivity index (χ4n) is 2.42. The van der Waals surface area contributed by atoms with Crippen LogP contribution in [0.5, 0.6) is 0 Å². The first-order valence-electron chi connectivity index (χ1n) is 7.78. The molecule has 22 heavy (non-hydrogen) atoms. The predicted molar refractivity (Wildman–Crippen MR) is 88.7 cm³/mol. The van der Waals surface area contributed by atoms with Crippen LogP contribution in [0.4, 0.5) is 4.79 Å². The molecule has 0 fully saturated rings. The smallest absolute Gasteiger partial charge is 0.315 e. The molecule has 0 radical (unpaired) electrons. The number of urea groups is 1. The van der Waals surface area contributed by atoms with Crippen molar-refractivity contribution < 1.29 is 9.53 Å². The molecule has 0 aliphatic rings. The lowest BCUT2D eigenvalue weighted by atomic mass is 9.99. The number of carbonyl (C=O) groups is 1. The van der Waals surface area contributed by atoms with Gasteiger partial charge in [0.1, 0.15) is 0 Å². The van der Waals surface area contributed by atoms with Gasteiger partial charge in [0.2, 0.25) is 0 Å². The van der Waals surface area contributed by atoms with E-state index >= 15 is 0 Å². The van der Waals surface area contributed by atoms with Crippen LogP contribution in [0.1, 0.15) is 52.8 Å². The maximum atomic E-state index is 12.2. The molecule has 1 rings (SSSR count). The van der Waals surface area contributed by atoms with Crippen molar-refractivity contribution in [1.82, 2.24) is 15.6 Å². The number of ether oxygens (including phenoxy) is 1. The number of carbonyl (C=O) groups excluding carboxylic acids is 1. The van der Waals surface area contributed by atoms with Gasteiger partial charge in [-0.3, -0.25) is 4.98 Å². The van der Waals surface area contributed by atoms with E-state index in [0.29, 0.717) is 0 Å². The van der Waals surface area contributed by atoms with Crippen molar-refractivity contribution in [3.05, 3.63) is 30.1 Å². The quantitative estimate of drug-likeness (QED) is 0.812. The third-order valence-electron chi connectivity index (χ3n) is 3.69. The van der Waals surface area contributed by atoms with Gasteiger partial charge in [0.15, 0.2) is 0 Å². The van der Waals surface area contributed by atoms with Gasteiger partial charge < -0.3 is 15.4 Å². The van der Waals surface area contributed by atoms with Crippen LogP contribution in [0.25, 0.3) is 0 Å². The molecule has 0 bridgehead atoms. The first-order valence-corrected chi connectivity index (χ1v) is 7.78. The highest BCUT2D eigenvalue weighted by Gasteiger charge is 2.23. The Balaban J connectivity index is 2.62. The zero-order chi connectivity index (χ0) is 16.8. The number of hydrogen-bond acceptors (Lipinski definition) is 3. The van der Waals surface area contributed by atoms with Gasteiger partial charge in [-0.15, -0.1) is 0 Å². The van der Waals surface area contributed by atoms with Gasteiger partial charge in [0.05, 0.1) is 17.3 Å². The Morgan fingerprint density at radius 2 is 1.95 bits per heavy atom. The molecule has 1 aromatic rings. The SMILES string of the molecule is COC(C)(C)CC(C)NC(=O)NC(c1ccccn1)C(C)C. The molecule has 0 saturated carbocycles. The molecule has 2 N–H and O–H groups in total. The van der Waals surface area contributed by atoms with Gasteiger partial charge in [-0.25, -0.2) is 4.79 Å². The van der Waals surface area contributed by atoms with Crippen LogP contribution in [0, 0.1) is 5.92 Å². The van der Waals surface area contributed by atoms with Crippen LogP contribution >= 0.6 is 0 Å². The van der Waals surface area contributed by atoms with Gasteiger partial charge >= 0.3 is 6.03 Å². The van der Waals surface area contributed by atoms with Crippen LogP contribution < -0.4 is 10.6 Å². The summed E-state index contributed by atoms with van der Waals surface area (Å²) in [5.74, 6) is 0.256. The van der Waals surface area contributed by atoms with E-state index < -0.39 is 0 Å². The lowest BCUT2D eigenvalue weighted by Gasteiger charge is -2.28. The topological polar surface area (TPSA) is 63.2 Å². The lowest BCUT2D eigenvalue weighted by molar-refractivity contribution is 0.00946. The van der Waals surface area contributed by atoms with Crippen molar-refractivity contribution in [2.45, 2.75) is 58.7 Å². The highest BCUT2D eigenvalue weighted by Crippen LogP contribution is 2.19. The summed E-state index contributed by atoms with van der Waals surface area (Å²) in [7, 11) is 1.68. The minimum absolute atomic E-state index is 0.0199. The summed E-state index contributed by atoms with van der Waals surface area (Å²) in [5.41, 5.74) is 0.614. The standard InChI is InChI=1S/C17H29N3O2/c1-12(2)15(14-9-7-8-10-18-14)20-16(21)19-13(3)11-17(4,5)22-6/h7-10,12-13,15H,11H2,1-6H3,(H2,19,20,21).